The standard InChI is InChI=1S/C18H32BNO2/c1-16(2)13-10-14(16)18(4)15(11-13)21-19(22-18)8-5-6-17(3)7-9-20-12-17/h13-15,20H,5-12H2,1-4H3. The SMILES string of the molecule is CC1(CCCB2OC3CC4CC(C4(C)C)C3(C)O2)CCNC1. The highest BCUT2D eigenvalue weighted by molar-refractivity contribution is 6.45. The molecule has 0 spiro atoms. The first-order chi connectivity index (χ1) is 10.3. The molecule has 0 aromatic rings. The molecule has 0 radical (unpaired) electrons. The first kappa shape index (κ1) is 15.5. The maximum Gasteiger partial charge on any atom is 0.457 e. The van der Waals surface area contributed by atoms with E-state index in [0.29, 0.717) is 22.9 Å². The van der Waals surface area contributed by atoms with Gasteiger partial charge in [0.25, 0.3) is 0 Å². The zero-order chi connectivity index (χ0) is 15.6. The van der Waals surface area contributed by atoms with E-state index in [1.807, 2.05) is 0 Å². The Bertz CT molecular complexity index is 448. The maximum absolute atomic E-state index is 6.50. The molecule has 2 saturated heterocycles. The van der Waals surface area contributed by atoms with Crippen molar-refractivity contribution in [2.24, 2.45) is 22.7 Å². The fraction of sp³-hybridized carbons (Fsp3) is 1.00. The first-order valence-corrected chi connectivity index (χ1v) is 9.37. The molecule has 3 nitrogen and oxygen atoms in total. The summed E-state index contributed by atoms with van der Waals surface area (Å²) < 4.78 is 12.8. The molecule has 0 amide bonds. The molecule has 0 aromatic carbocycles. The van der Waals surface area contributed by atoms with Crippen molar-refractivity contribution in [1.82, 2.24) is 5.32 Å². The molecule has 2 aliphatic heterocycles. The second kappa shape index (κ2) is 4.97. The van der Waals surface area contributed by atoms with Gasteiger partial charge in [-0.1, -0.05) is 27.2 Å². The third kappa shape index (κ3) is 2.21. The molecule has 2 bridgehead atoms. The van der Waals surface area contributed by atoms with Gasteiger partial charge in [0, 0.05) is 6.54 Å². The van der Waals surface area contributed by atoms with Crippen LogP contribution in [0.4, 0.5) is 0 Å². The first-order valence-electron chi connectivity index (χ1n) is 9.37. The van der Waals surface area contributed by atoms with Crippen molar-refractivity contribution in [2.75, 3.05) is 13.1 Å². The molecular weight excluding hydrogens is 273 g/mol. The van der Waals surface area contributed by atoms with Crippen molar-refractivity contribution in [1.29, 1.82) is 0 Å². The number of nitrogens with one attached hydrogen (secondary N) is 1. The molecule has 2 heterocycles. The van der Waals surface area contributed by atoms with Crippen LogP contribution < -0.4 is 5.32 Å². The number of hydrogen-bond acceptors (Lipinski definition) is 3. The smallest absolute Gasteiger partial charge is 0.405 e. The summed E-state index contributed by atoms with van der Waals surface area (Å²) in [4.78, 5) is 0. The van der Waals surface area contributed by atoms with Crippen molar-refractivity contribution in [2.45, 2.75) is 77.8 Å². The van der Waals surface area contributed by atoms with Crippen LogP contribution in [0.3, 0.4) is 0 Å². The van der Waals surface area contributed by atoms with Gasteiger partial charge in [0.15, 0.2) is 0 Å². The lowest BCUT2D eigenvalue weighted by Gasteiger charge is -2.64. The van der Waals surface area contributed by atoms with Crippen LogP contribution in [0.2, 0.25) is 6.32 Å². The van der Waals surface area contributed by atoms with Gasteiger partial charge < -0.3 is 14.6 Å². The minimum Gasteiger partial charge on any atom is -0.405 e. The average Bonchev–Trinajstić information content (AvgIpc) is 3.01. The lowest BCUT2D eigenvalue weighted by molar-refractivity contribution is -0.199. The Labute approximate surface area is 136 Å². The zero-order valence-corrected chi connectivity index (χ0v) is 14.8. The maximum atomic E-state index is 6.50. The Morgan fingerprint density at radius 1 is 1.18 bits per heavy atom. The van der Waals surface area contributed by atoms with E-state index in [2.05, 4.69) is 33.0 Å². The molecule has 1 N–H and O–H groups in total. The summed E-state index contributed by atoms with van der Waals surface area (Å²) in [5.74, 6) is 1.53. The van der Waals surface area contributed by atoms with Crippen LogP contribution in [-0.4, -0.2) is 31.9 Å². The van der Waals surface area contributed by atoms with Crippen LogP contribution in [0.15, 0.2) is 0 Å². The molecular formula is C18H32BNO2. The van der Waals surface area contributed by atoms with Gasteiger partial charge in [-0.05, 0) is 68.1 Å². The third-order valence-corrected chi connectivity index (χ3v) is 7.68. The lowest BCUT2D eigenvalue weighted by atomic mass is 9.43. The highest BCUT2D eigenvalue weighted by Gasteiger charge is 2.67. The van der Waals surface area contributed by atoms with Crippen molar-refractivity contribution >= 4 is 7.12 Å². The van der Waals surface area contributed by atoms with Gasteiger partial charge in [0.05, 0.1) is 11.7 Å². The van der Waals surface area contributed by atoms with Crippen molar-refractivity contribution < 1.29 is 9.31 Å². The van der Waals surface area contributed by atoms with Gasteiger partial charge in [0.2, 0.25) is 0 Å². The Hall–Kier alpha value is -0.0551. The van der Waals surface area contributed by atoms with Gasteiger partial charge in [-0.2, -0.15) is 0 Å². The highest BCUT2D eigenvalue weighted by Crippen LogP contribution is 2.65. The average molecular weight is 305 g/mol. The predicted molar refractivity (Wildman–Crippen MR) is 89.7 cm³/mol. The van der Waals surface area contributed by atoms with E-state index in [4.69, 9.17) is 9.31 Å². The molecule has 5 atom stereocenters. The Balaban J connectivity index is 1.33. The van der Waals surface area contributed by atoms with Gasteiger partial charge in [0.1, 0.15) is 0 Å². The van der Waals surface area contributed by atoms with Crippen LogP contribution in [0.1, 0.15) is 59.8 Å². The molecule has 5 unspecified atom stereocenters. The Kier molecular flexibility index (Phi) is 3.50. The van der Waals surface area contributed by atoms with Crippen LogP contribution in [0.25, 0.3) is 0 Å². The van der Waals surface area contributed by atoms with E-state index in [9.17, 15) is 0 Å². The molecule has 3 saturated carbocycles. The molecule has 5 aliphatic rings. The summed E-state index contributed by atoms with van der Waals surface area (Å²) >= 11 is 0. The molecule has 124 valence electrons. The molecule has 5 rings (SSSR count). The lowest BCUT2D eigenvalue weighted by Crippen LogP contribution is -2.65. The molecule has 0 aromatic heterocycles. The van der Waals surface area contributed by atoms with E-state index in [1.165, 1.54) is 45.2 Å². The molecule has 5 fully saturated rings. The summed E-state index contributed by atoms with van der Waals surface area (Å²) in [5, 5.41) is 3.50. The van der Waals surface area contributed by atoms with Gasteiger partial charge in [-0.15, -0.1) is 0 Å². The van der Waals surface area contributed by atoms with E-state index in [1.54, 1.807) is 0 Å². The molecule has 4 heteroatoms. The summed E-state index contributed by atoms with van der Waals surface area (Å²) in [6.45, 7) is 12.0. The normalized spacial score (nSPS) is 49.1. The van der Waals surface area contributed by atoms with Crippen LogP contribution in [0, 0.1) is 22.7 Å². The van der Waals surface area contributed by atoms with E-state index in [-0.39, 0.29) is 12.7 Å². The highest BCUT2D eigenvalue weighted by atomic mass is 16.7. The molecule has 22 heavy (non-hydrogen) atoms. The van der Waals surface area contributed by atoms with Crippen molar-refractivity contribution in [3.05, 3.63) is 0 Å². The van der Waals surface area contributed by atoms with Gasteiger partial charge in [-0.3, -0.25) is 0 Å². The topological polar surface area (TPSA) is 30.5 Å². The zero-order valence-electron chi connectivity index (χ0n) is 14.8. The van der Waals surface area contributed by atoms with Crippen molar-refractivity contribution in [3.63, 3.8) is 0 Å². The summed E-state index contributed by atoms with van der Waals surface area (Å²) in [5.41, 5.74) is 0.924. The van der Waals surface area contributed by atoms with Crippen LogP contribution in [-0.2, 0) is 9.31 Å². The fourth-order valence-electron chi connectivity index (χ4n) is 5.85. The quantitative estimate of drug-likeness (QED) is 0.807. The third-order valence-electron chi connectivity index (χ3n) is 7.68. The minimum absolute atomic E-state index is 0.0261. The second-order valence-corrected chi connectivity index (χ2v) is 9.53. The fourth-order valence-corrected chi connectivity index (χ4v) is 5.85. The van der Waals surface area contributed by atoms with Crippen LogP contribution >= 0.6 is 0 Å². The van der Waals surface area contributed by atoms with Gasteiger partial charge >= 0.3 is 7.12 Å². The minimum atomic E-state index is -0.0261. The predicted octanol–water partition coefficient (Wildman–Crippen LogP) is 3.49. The van der Waals surface area contributed by atoms with Crippen molar-refractivity contribution in [3.8, 4) is 0 Å². The largest absolute Gasteiger partial charge is 0.457 e. The Morgan fingerprint density at radius 2 is 2.00 bits per heavy atom. The Morgan fingerprint density at radius 3 is 2.68 bits per heavy atom. The number of hydrogen-bond donors (Lipinski definition) is 1. The summed E-state index contributed by atoms with van der Waals surface area (Å²) in [6.07, 6.45) is 7.80. The second-order valence-electron chi connectivity index (χ2n) is 9.53. The van der Waals surface area contributed by atoms with E-state index in [0.717, 1.165) is 12.2 Å². The van der Waals surface area contributed by atoms with Crippen LogP contribution in [0.5, 0.6) is 0 Å². The van der Waals surface area contributed by atoms with E-state index < -0.39 is 0 Å². The monoisotopic (exact) mass is 305 g/mol. The molecule has 3 aliphatic carbocycles. The number of rotatable bonds is 4. The van der Waals surface area contributed by atoms with Gasteiger partial charge in [-0.25, -0.2) is 0 Å². The van der Waals surface area contributed by atoms with E-state index >= 15 is 0 Å². The summed E-state index contributed by atoms with van der Waals surface area (Å²) in [6, 6.07) is 0. The summed E-state index contributed by atoms with van der Waals surface area (Å²) in [7, 11) is 0.0445.